The molecule has 1 aromatic carbocycles. The second-order valence-electron chi connectivity index (χ2n) is 5.93. The number of rotatable bonds is 2. The van der Waals surface area contributed by atoms with Crippen molar-refractivity contribution in [2.24, 2.45) is 4.99 Å². The first-order valence-corrected chi connectivity index (χ1v) is 8.03. The average Bonchev–Trinajstić information content (AvgIpc) is 2.96. The van der Waals surface area contributed by atoms with Crippen molar-refractivity contribution in [1.82, 2.24) is 4.98 Å². The number of hydrogen-bond donors (Lipinski definition) is 1. The molecule has 1 aromatic heterocycles. The van der Waals surface area contributed by atoms with Crippen LogP contribution in [0.1, 0.15) is 12.0 Å². The molecular weight excluding hydrogens is 288 g/mol. The average molecular weight is 308 g/mol. The number of aromatic nitrogens is 1. The predicted octanol–water partition coefficient (Wildman–Crippen LogP) is 2.51. The lowest BCUT2D eigenvalue weighted by Gasteiger charge is -2.24. The standard InChI is InChI=1S/C18H20N4O/c19-18-11-17(22-6-1-8-23-9-7-22)15-3-2-13(10-16(15)21-18)14-4-5-20-12-14/h2-5,10-11H,1,6-9,12H2,(H2,19,21). The normalized spacial score (nSPS) is 18.3. The SMILES string of the molecule is Nc1cc(N2CCCOCC2)c2ccc(C3=CC=NC3)cc2n1. The molecule has 118 valence electrons. The summed E-state index contributed by atoms with van der Waals surface area (Å²) < 4.78 is 5.57. The fraction of sp³-hybridized carbons (Fsp3) is 0.333. The number of fused-ring (bicyclic) bond motifs is 1. The fourth-order valence-electron chi connectivity index (χ4n) is 3.21. The highest BCUT2D eigenvalue weighted by molar-refractivity contribution is 5.97. The molecule has 5 heteroatoms. The molecule has 2 N–H and O–H groups in total. The van der Waals surface area contributed by atoms with Gasteiger partial charge in [0.25, 0.3) is 0 Å². The summed E-state index contributed by atoms with van der Waals surface area (Å²) in [6.45, 7) is 4.20. The van der Waals surface area contributed by atoms with Crippen molar-refractivity contribution < 1.29 is 4.74 Å². The molecule has 0 atom stereocenters. The maximum absolute atomic E-state index is 6.07. The zero-order chi connectivity index (χ0) is 15.6. The van der Waals surface area contributed by atoms with Gasteiger partial charge in [-0.15, -0.1) is 0 Å². The van der Waals surface area contributed by atoms with E-state index in [1.807, 2.05) is 12.3 Å². The topological polar surface area (TPSA) is 63.7 Å². The molecule has 23 heavy (non-hydrogen) atoms. The number of nitrogen functional groups attached to an aromatic ring is 1. The summed E-state index contributed by atoms with van der Waals surface area (Å²) in [4.78, 5) is 11.1. The smallest absolute Gasteiger partial charge is 0.126 e. The molecule has 2 aromatic rings. The van der Waals surface area contributed by atoms with E-state index >= 15 is 0 Å². The Morgan fingerprint density at radius 2 is 2.09 bits per heavy atom. The predicted molar refractivity (Wildman–Crippen MR) is 95.1 cm³/mol. The van der Waals surface area contributed by atoms with Crippen molar-refractivity contribution in [2.45, 2.75) is 6.42 Å². The van der Waals surface area contributed by atoms with E-state index in [0.717, 1.165) is 55.9 Å². The second kappa shape index (κ2) is 6.01. The molecule has 0 radical (unpaired) electrons. The molecule has 4 rings (SSSR count). The Kier molecular flexibility index (Phi) is 3.71. The third kappa shape index (κ3) is 2.80. The van der Waals surface area contributed by atoms with E-state index in [1.165, 1.54) is 11.1 Å². The molecule has 2 aliphatic heterocycles. The van der Waals surface area contributed by atoms with Crippen LogP contribution in [0.5, 0.6) is 0 Å². The molecular formula is C18H20N4O. The Morgan fingerprint density at radius 1 is 1.13 bits per heavy atom. The number of nitrogens with two attached hydrogens (primary N) is 1. The maximum atomic E-state index is 6.07. The number of allylic oxidation sites excluding steroid dienone is 1. The van der Waals surface area contributed by atoms with Gasteiger partial charge < -0.3 is 15.4 Å². The van der Waals surface area contributed by atoms with Crippen LogP contribution in [-0.2, 0) is 4.74 Å². The van der Waals surface area contributed by atoms with Crippen LogP contribution in [0.15, 0.2) is 35.3 Å². The van der Waals surface area contributed by atoms with E-state index in [-0.39, 0.29) is 0 Å². The zero-order valence-corrected chi connectivity index (χ0v) is 13.0. The Bertz CT molecular complexity index is 789. The number of pyridine rings is 1. The van der Waals surface area contributed by atoms with Gasteiger partial charge >= 0.3 is 0 Å². The monoisotopic (exact) mass is 308 g/mol. The Labute approximate surface area is 135 Å². The number of anilines is 2. The van der Waals surface area contributed by atoms with Gasteiger partial charge in [-0.1, -0.05) is 12.1 Å². The highest BCUT2D eigenvalue weighted by Crippen LogP contribution is 2.31. The molecule has 0 bridgehead atoms. The minimum Gasteiger partial charge on any atom is -0.384 e. The summed E-state index contributed by atoms with van der Waals surface area (Å²) in [6, 6.07) is 8.39. The number of hydrogen-bond acceptors (Lipinski definition) is 5. The molecule has 0 amide bonds. The van der Waals surface area contributed by atoms with E-state index < -0.39 is 0 Å². The van der Waals surface area contributed by atoms with Crippen molar-refractivity contribution in [3.63, 3.8) is 0 Å². The number of ether oxygens (including phenoxy) is 1. The summed E-state index contributed by atoms with van der Waals surface area (Å²) in [7, 11) is 0. The van der Waals surface area contributed by atoms with Gasteiger partial charge in [-0.2, -0.15) is 0 Å². The van der Waals surface area contributed by atoms with Crippen molar-refractivity contribution in [3.05, 3.63) is 35.9 Å². The van der Waals surface area contributed by atoms with Crippen LogP contribution in [0.25, 0.3) is 16.5 Å². The maximum Gasteiger partial charge on any atom is 0.126 e. The quantitative estimate of drug-likeness (QED) is 0.926. The van der Waals surface area contributed by atoms with Crippen molar-refractivity contribution in [1.29, 1.82) is 0 Å². The van der Waals surface area contributed by atoms with Crippen LogP contribution in [-0.4, -0.2) is 44.0 Å². The van der Waals surface area contributed by atoms with Crippen molar-refractivity contribution in [3.8, 4) is 0 Å². The van der Waals surface area contributed by atoms with Crippen molar-refractivity contribution in [2.75, 3.05) is 43.5 Å². The van der Waals surface area contributed by atoms with Gasteiger partial charge in [0.05, 0.1) is 18.7 Å². The minimum absolute atomic E-state index is 0.562. The van der Waals surface area contributed by atoms with Gasteiger partial charge in [0.15, 0.2) is 0 Å². The summed E-state index contributed by atoms with van der Waals surface area (Å²) in [6.07, 6.45) is 4.95. The minimum atomic E-state index is 0.562. The Hall–Kier alpha value is -2.40. The van der Waals surface area contributed by atoms with Gasteiger partial charge in [0.1, 0.15) is 5.82 Å². The van der Waals surface area contributed by atoms with E-state index in [4.69, 9.17) is 10.5 Å². The molecule has 1 saturated heterocycles. The van der Waals surface area contributed by atoms with E-state index in [0.29, 0.717) is 5.82 Å². The van der Waals surface area contributed by atoms with Gasteiger partial charge in [-0.3, -0.25) is 4.99 Å². The molecule has 1 fully saturated rings. The molecule has 0 spiro atoms. The van der Waals surface area contributed by atoms with E-state index in [2.05, 4.69) is 39.2 Å². The van der Waals surface area contributed by atoms with Gasteiger partial charge in [0, 0.05) is 43.1 Å². The molecule has 3 heterocycles. The molecule has 2 aliphatic rings. The van der Waals surface area contributed by atoms with E-state index in [1.54, 1.807) is 0 Å². The third-order valence-electron chi connectivity index (χ3n) is 4.38. The van der Waals surface area contributed by atoms with Crippen LogP contribution in [0, 0.1) is 0 Å². The number of aliphatic imine (C=N–C) groups is 1. The lowest BCUT2D eigenvalue weighted by atomic mass is 10.0. The van der Waals surface area contributed by atoms with Crippen molar-refractivity contribution >= 4 is 34.2 Å². The first-order chi connectivity index (χ1) is 11.3. The summed E-state index contributed by atoms with van der Waals surface area (Å²) in [5.41, 5.74) is 10.5. The first-order valence-electron chi connectivity index (χ1n) is 8.03. The number of nitrogens with zero attached hydrogens (tertiary/aromatic N) is 3. The molecule has 5 nitrogen and oxygen atoms in total. The fourth-order valence-corrected chi connectivity index (χ4v) is 3.21. The Morgan fingerprint density at radius 3 is 2.96 bits per heavy atom. The summed E-state index contributed by atoms with van der Waals surface area (Å²) in [5.74, 6) is 0.562. The van der Waals surface area contributed by atoms with Gasteiger partial charge in [0.2, 0.25) is 0 Å². The third-order valence-corrected chi connectivity index (χ3v) is 4.38. The van der Waals surface area contributed by atoms with Crippen LogP contribution in [0.4, 0.5) is 11.5 Å². The highest BCUT2D eigenvalue weighted by Gasteiger charge is 2.15. The molecule has 0 unspecified atom stereocenters. The van der Waals surface area contributed by atoms with Crippen LogP contribution in [0.3, 0.4) is 0 Å². The zero-order valence-electron chi connectivity index (χ0n) is 13.0. The lowest BCUT2D eigenvalue weighted by Crippen LogP contribution is -2.26. The lowest BCUT2D eigenvalue weighted by molar-refractivity contribution is 0.152. The first kappa shape index (κ1) is 14.2. The second-order valence-corrected chi connectivity index (χ2v) is 5.93. The highest BCUT2D eigenvalue weighted by atomic mass is 16.5. The summed E-state index contributed by atoms with van der Waals surface area (Å²) >= 11 is 0. The van der Waals surface area contributed by atoms with Crippen LogP contribution < -0.4 is 10.6 Å². The molecule has 0 saturated carbocycles. The largest absolute Gasteiger partial charge is 0.384 e. The van der Waals surface area contributed by atoms with Crippen LogP contribution in [0.2, 0.25) is 0 Å². The molecule has 0 aliphatic carbocycles. The van der Waals surface area contributed by atoms with Gasteiger partial charge in [-0.25, -0.2) is 4.98 Å². The number of benzene rings is 1. The summed E-state index contributed by atoms with van der Waals surface area (Å²) in [5, 5.41) is 1.14. The van der Waals surface area contributed by atoms with Gasteiger partial charge in [-0.05, 0) is 29.7 Å². The Balaban J connectivity index is 1.78. The van der Waals surface area contributed by atoms with Crippen LogP contribution >= 0.6 is 0 Å². The van der Waals surface area contributed by atoms with E-state index in [9.17, 15) is 0 Å².